The van der Waals surface area contributed by atoms with Gasteiger partial charge in [-0.1, -0.05) is 35.9 Å². The minimum absolute atomic E-state index is 0.714. The molecule has 3 rings (SSSR count). The summed E-state index contributed by atoms with van der Waals surface area (Å²) in [4.78, 5) is 2.54. The molecule has 110 valence electrons. The quantitative estimate of drug-likeness (QED) is 0.778. The highest BCUT2D eigenvalue weighted by molar-refractivity contribution is 6.30. The van der Waals surface area contributed by atoms with E-state index in [0.29, 0.717) is 6.04 Å². The molecule has 0 unspecified atom stereocenters. The van der Waals surface area contributed by atoms with Crippen LogP contribution in [0.2, 0.25) is 5.02 Å². The van der Waals surface area contributed by atoms with Crippen molar-refractivity contribution in [1.29, 1.82) is 0 Å². The number of benzene rings is 2. The molecular formula is C18H20ClNO. The van der Waals surface area contributed by atoms with Crippen LogP contribution in [0.25, 0.3) is 0 Å². The lowest BCUT2D eigenvalue weighted by atomic mass is 10.1. The van der Waals surface area contributed by atoms with Crippen LogP contribution in [-0.2, 0) is 13.1 Å². The number of nitrogens with zero attached hydrogens (tertiary/aromatic N) is 1. The minimum atomic E-state index is 0.714. The molecule has 1 aliphatic rings. The predicted octanol–water partition coefficient (Wildman–Crippen LogP) is 4.51. The lowest BCUT2D eigenvalue weighted by Gasteiger charge is -2.22. The van der Waals surface area contributed by atoms with E-state index in [0.717, 1.165) is 23.9 Å². The molecule has 21 heavy (non-hydrogen) atoms. The normalized spacial score (nSPS) is 14.4. The van der Waals surface area contributed by atoms with Gasteiger partial charge in [-0.3, -0.25) is 4.90 Å². The van der Waals surface area contributed by atoms with Gasteiger partial charge in [0, 0.05) is 24.2 Å². The highest BCUT2D eigenvalue weighted by Gasteiger charge is 2.28. The fraction of sp³-hybridized carbons (Fsp3) is 0.333. The molecule has 0 aromatic heterocycles. The zero-order chi connectivity index (χ0) is 14.7. The standard InChI is InChI=1S/C18H20ClNO/c1-21-18-9-5-14(6-10-18)12-20(17-7-8-17)13-15-3-2-4-16(19)11-15/h2-6,9-11,17H,7-8,12-13H2,1H3. The van der Waals surface area contributed by atoms with Gasteiger partial charge in [0.05, 0.1) is 7.11 Å². The molecule has 0 saturated heterocycles. The number of halogens is 1. The van der Waals surface area contributed by atoms with Crippen LogP contribution in [-0.4, -0.2) is 18.1 Å². The van der Waals surface area contributed by atoms with Gasteiger partial charge in [0.25, 0.3) is 0 Å². The van der Waals surface area contributed by atoms with Crippen LogP contribution in [0.3, 0.4) is 0 Å². The molecule has 2 aromatic rings. The Morgan fingerprint density at radius 2 is 1.76 bits per heavy atom. The average Bonchev–Trinajstić information content (AvgIpc) is 3.32. The van der Waals surface area contributed by atoms with Crippen LogP contribution in [0.5, 0.6) is 5.75 Å². The molecule has 0 aliphatic heterocycles. The molecule has 0 amide bonds. The molecule has 1 saturated carbocycles. The van der Waals surface area contributed by atoms with E-state index < -0.39 is 0 Å². The van der Waals surface area contributed by atoms with E-state index in [1.54, 1.807) is 7.11 Å². The molecule has 1 aliphatic carbocycles. The molecule has 2 aromatic carbocycles. The summed E-state index contributed by atoms with van der Waals surface area (Å²) in [5.74, 6) is 0.909. The monoisotopic (exact) mass is 301 g/mol. The molecule has 3 heteroatoms. The number of hydrogen-bond donors (Lipinski definition) is 0. The van der Waals surface area contributed by atoms with Crippen LogP contribution in [0, 0.1) is 0 Å². The van der Waals surface area contributed by atoms with Crippen molar-refractivity contribution in [3.8, 4) is 5.75 Å². The van der Waals surface area contributed by atoms with Gasteiger partial charge in [-0.15, -0.1) is 0 Å². The minimum Gasteiger partial charge on any atom is -0.497 e. The first kappa shape index (κ1) is 14.4. The Balaban J connectivity index is 1.69. The van der Waals surface area contributed by atoms with Gasteiger partial charge < -0.3 is 4.74 Å². The Bertz CT molecular complexity index is 592. The van der Waals surface area contributed by atoms with Gasteiger partial charge in [0.15, 0.2) is 0 Å². The lowest BCUT2D eigenvalue weighted by molar-refractivity contribution is 0.245. The number of hydrogen-bond acceptors (Lipinski definition) is 2. The number of ether oxygens (including phenoxy) is 1. The van der Waals surface area contributed by atoms with Crippen molar-refractivity contribution in [2.45, 2.75) is 32.0 Å². The molecule has 0 spiro atoms. The summed E-state index contributed by atoms with van der Waals surface area (Å²) in [5.41, 5.74) is 2.60. The third-order valence-corrected chi connectivity index (χ3v) is 4.12. The maximum Gasteiger partial charge on any atom is 0.118 e. The molecular weight excluding hydrogens is 282 g/mol. The average molecular weight is 302 g/mol. The Labute approximate surface area is 131 Å². The Kier molecular flexibility index (Phi) is 4.47. The van der Waals surface area contributed by atoms with Crippen molar-refractivity contribution < 1.29 is 4.74 Å². The molecule has 1 fully saturated rings. The van der Waals surface area contributed by atoms with Gasteiger partial charge in [-0.2, -0.15) is 0 Å². The van der Waals surface area contributed by atoms with Crippen molar-refractivity contribution in [2.75, 3.05) is 7.11 Å². The molecule has 0 heterocycles. The van der Waals surface area contributed by atoms with Gasteiger partial charge in [0.2, 0.25) is 0 Å². The predicted molar refractivity (Wildman–Crippen MR) is 86.7 cm³/mol. The highest BCUT2D eigenvalue weighted by Crippen LogP contribution is 2.30. The summed E-state index contributed by atoms with van der Waals surface area (Å²) in [5, 5.41) is 0.813. The summed E-state index contributed by atoms with van der Waals surface area (Å²) in [7, 11) is 1.70. The zero-order valence-electron chi connectivity index (χ0n) is 12.3. The van der Waals surface area contributed by atoms with E-state index in [2.05, 4.69) is 29.2 Å². The van der Waals surface area contributed by atoms with Crippen molar-refractivity contribution in [2.24, 2.45) is 0 Å². The molecule has 2 nitrogen and oxygen atoms in total. The van der Waals surface area contributed by atoms with Gasteiger partial charge in [0.1, 0.15) is 5.75 Å². The van der Waals surface area contributed by atoms with E-state index in [9.17, 15) is 0 Å². The van der Waals surface area contributed by atoms with E-state index in [4.69, 9.17) is 16.3 Å². The number of rotatable bonds is 6. The third kappa shape index (κ3) is 3.99. The second-order valence-corrected chi connectivity index (χ2v) is 6.05. The maximum atomic E-state index is 6.08. The molecule has 0 N–H and O–H groups in total. The third-order valence-electron chi connectivity index (χ3n) is 3.88. The first-order valence-electron chi connectivity index (χ1n) is 7.36. The fourth-order valence-corrected chi connectivity index (χ4v) is 2.80. The fourth-order valence-electron chi connectivity index (χ4n) is 2.59. The summed E-state index contributed by atoms with van der Waals surface area (Å²) < 4.78 is 5.21. The first-order valence-corrected chi connectivity index (χ1v) is 7.74. The molecule has 0 bridgehead atoms. The van der Waals surface area contributed by atoms with E-state index in [1.165, 1.54) is 24.0 Å². The summed E-state index contributed by atoms with van der Waals surface area (Å²) >= 11 is 6.08. The van der Waals surface area contributed by atoms with Gasteiger partial charge in [-0.05, 0) is 48.2 Å². The first-order chi connectivity index (χ1) is 10.2. The van der Waals surface area contributed by atoms with E-state index >= 15 is 0 Å². The zero-order valence-corrected chi connectivity index (χ0v) is 13.0. The van der Waals surface area contributed by atoms with Crippen LogP contribution in [0.4, 0.5) is 0 Å². The smallest absolute Gasteiger partial charge is 0.118 e. The summed E-state index contributed by atoms with van der Waals surface area (Å²) in [6.07, 6.45) is 2.60. The molecule has 0 radical (unpaired) electrons. The lowest BCUT2D eigenvalue weighted by Crippen LogP contribution is -2.25. The second kappa shape index (κ2) is 6.50. The van der Waals surface area contributed by atoms with Crippen molar-refractivity contribution in [3.05, 3.63) is 64.7 Å². The largest absolute Gasteiger partial charge is 0.497 e. The van der Waals surface area contributed by atoms with Crippen LogP contribution >= 0.6 is 11.6 Å². The van der Waals surface area contributed by atoms with Crippen LogP contribution in [0.15, 0.2) is 48.5 Å². The van der Waals surface area contributed by atoms with Gasteiger partial charge in [-0.25, -0.2) is 0 Å². The maximum absolute atomic E-state index is 6.08. The van der Waals surface area contributed by atoms with Crippen molar-refractivity contribution in [1.82, 2.24) is 4.90 Å². The summed E-state index contributed by atoms with van der Waals surface area (Å²) in [6.45, 7) is 1.93. The van der Waals surface area contributed by atoms with Crippen LogP contribution < -0.4 is 4.74 Å². The van der Waals surface area contributed by atoms with Gasteiger partial charge >= 0.3 is 0 Å². The van der Waals surface area contributed by atoms with Crippen molar-refractivity contribution in [3.63, 3.8) is 0 Å². The summed E-state index contributed by atoms with van der Waals surface area (Å²) in [6, 6.07) is 17.2. The van der Waals surface area contributed by atoms with E-state index in [-0.39, 0.29) is 0 Å². The second-order valence-electron chi connectivity index (χ2n) is 5.61. The Hall–Kier alpha value is -1.51. The Morgan fingerprint density at radius 3 is 2.38 bits per heavy atom. The number of methoxy groups -OCH3 is 1. The van der Waals surface area contributed by atoms with Crippen molar-refractivity contribution >= 4 is 11.6 Å². The van der Waals surface area contributed by atoms with Crippen LogP contribution in [0.1, 0.15) is 24.0 Å². The van der Waals surface area contributed by atoms with E-state index in [1.807, 2.05) is 24.3 Å². The topological polar surface area (TPSA) is 12.5 Å². The highest BCUT2D eigenvalue weighted by atomic mass is 35.5. The molecule has 0 atom stereocenters. The SMILES string of the molecule is COc1ccc(CN(Cc2cccc(Cl)c2)C2CC2)cc1. The Morgan fingerprint density at radius 1 is 1.05 bits per heavy atom.